The van der Waals surface area contributed by atoms with E-state index in [2.05, 4.69) is 23.5 Å². The number of carbonyl (C=O) groups excluding carboxylic acids is 1. The molecule has 2 unspecified atom stereocenters. The number of benzene rings is 3. The summed E-state index contributed by atoms with van der Waals surface area (Å²) in [7, 11) is 1.63. The van der Waals surface area contributed by atoms with E-state index in [9.17, 15) is 14.3 Å². The Morgan fingerprint density at radius 3 is 2.36 bits per heavy atom. The molecule has 7 heteroatoms. The van der Waals surface area contributed by atoms with Crippen LogP contribution in [0.25, 0.3) is 0 Å². The highest BCUT2D eigenvalue weighted by Gasteiger charge is 2.26. The van der Waals surface area contributed by atoms with Crippen molar-refractivity contribution in [3.63, 3.8) is 0 Å². The smallest absolute Gasteiger partial charge is 0.251 e. The molecule has 0 aliphatic heterocycles. The Bertz CT molecular complexity index is 1110. The van der Waals surface area contributed by atoms with Crippen molar-refractivity contribution in [1.82, 2.24) is 9.62 Å². The van der Waals surface area contributed by atoms with Gasteiger partial charge in [0.2, 0.25) is 0 Å². The number of methoxy groups -OCH3 is 1. The summed E-state index contributed by atoms with van der Waals surface area (Å²) in [4.78, 5) is 14.1. The molecule has 2 atom stereocenters. The third-order valence-electron chi connectivity index (χ3n) is 5.85. The summed E-state index contributed by atoms with van der Waals surface area (Å²) in [6.45, 7) is 6.94. The van der Waals surface area contributed by atoms with Gasteiger partial charge >= 0.3 is 0 Å². The van der Waals surface area contributed by atoms with Gasteiger partial charge in [-0.15, -0.1) is 0 Å². The molecule has 0 saturated carbocycles. The maximum Gasteiger partial charge on any atom is 0.251 e. The van der Waals surface area contributed by atoms with Crippen molar-refractivity contribution in [1.29, 1.82) is 0 Å². The van der Waals surface area contributed by atoms with Crippen molar-refractivity contribution in [3.8, 4) is 5.75 Å². The second-order valence-corrected chi connectivity index (χ2v) is 10.4. The quantitative estimate of drug-likeness (QED) is 0.315. The van der Waals surface area contributed by atoms with Gasteiger partial charge in [0.15, 0.2) is 0 Å². The first-order chi connectivity index (χ1) is 17.3. The van der Waals surface area contributed by atoms with Crippen LogP contribution in [0.15, 0.2) is 77.7 Å². The van der Waals surface area contributed by atoms with Crippen molar-refractivity contribution in [2.24, 2.45) is 5.92 Å². The number of amides is 1. The molecule has 0 heterocycles. The van der Waals surface area contributed by atoms with Gasteiger partial charge in [0, 0.05) is 23.5 Å². The zero-order valence-electron chi connectivity index (χ0n) is 21.3. The van der Waals surface area contributed by atoms with Crippen LogP contribution in [0, 0.1) is 18.7 Å². The minimum Gasteiger partial charge on any atom is -0.497 e. The van der Waals surface area contributed by atoms with Crippen molar-refractivity contribution in [2.75, 3.05) is 20.2 Å². The van der Waals surface area contributed by atoms with E-state index in [0.717, 1.165) is 22.8 Å². The minimum atomic E-state index is -0.854. The average molecular weight is 511 g/mol. The molecule has 0 saturated heterocycles. The highest BCUT2D eigenvalue weighted by atomic mass is 32.2. The lowest BCUT2D eigenvalue weighted by atomic mass is 9.99. The van der Waals surface area contributed by atoms with E-state index in [-0.39, 0.29) is 5.56 Å². The van der Waals surface area contributed by atoms with Gasteiger partial charge in [0.25, 0.3) is 5.91 Å². The Morgan fingerprint density at radius 2 is 1.72 bits per heavy atom. The molecule has 3 rings (SSSR count). The summed E-state index contributed by atoms with van der Waals surface area (Å²) < 4.78 is 21.5. The number of aliphatic hydroxyl groups excluding tert-OH is 1. The number of rotatable bonds is 12. The molecule has 0 aromatic heterocycles. The maximum atomic E-state index is 14.1. The molecule has 0 radical (unpaired) electrons. The van der Waals surface area contributed by atoms with Crippen molar-refractivity contribution < 1.29 is 19.0 Å². The van der Waals surface area contributed by atoms with Crippen LogP contribution in [0.3, 0.4) is 0 Å². The van der Waals surface area contributed by atoms with Gasteiger partial charge in [-0.05, 0) is 78.7 Å². The molecule has 0 bridgehead atoms. The standard InChI is InChI=1S/C29H35FN2O3S/c1-20(2)18-32(36-24-15-13-23(35-4)14-16-24)19-28(33)27(17-22-9-6-5-7-10-22)31-29(34)25-11-8-12-26(30)21(25)3/h5-16,20,27-28,33H,17-19H2,1-4H3,(H,31,34). The molecular weight excluding hydrogens is 475 g/mol. The van der Waals surface area contributed by atoms with Gasteiger partial charge in [-0.3, -0.25) is 4.79 Å². The summed E-state index contributed by atoms with van der Waals surface area (Å²) in [6.07, 6.45) is -0.405. The fourth-order valence-electron chi connectivity index (χ4n) is 3.93. The Balaban J connectivity index is 1.80. The van der Waals surface area contributed by atoms with E-state index in [4.69, 9.17) is 4.74 Å². The fourth-order valence-corrected chi connectivity index (χ4v) is 5.08. The zero-order valence-corrected chi connectivity index (χ0v) is 22.1. The number of aliphatic hydroxyl groups is 1. The molecule has 1 amide bonds. The molecule has 3 aromatic carbocycles. The molecule has 0 fully saturated rings. The Hall–Kier alpha value is -2.87. The van der Waals surface area contributed by atoms with Gasteiger partial charge in [-0.2, -0.15) is 0 Å². The fraction of sp³-hybridized carbons (Fsp3) is 0.345. The summed E-state index contributed by atoms with van der Waals surface area (Å²) in [5.74, 6) is 0.333. The summed E-state index contributed by atoms with van der Waals surface area (Å²) in [5, 5.41) is 14.3. The lowest BCUT2D eigenvalue weighted by Gasteiger charge is -2.30. The number of nitrogens with zero attached hydrogens (tertiary/aromatic N) is 1. The summed E-state index contributed by atoms with van der Waals surface area (Å²) in [5.41, 5.74) is 1.56. The van der Waals surface area contributed by atoms with Crippen LogP contribution in [0.4, 0.5) is 4.39 Å². The molecule has 0 aliphatic carbocycles. The summed E-state index contributed by atoms with van der Waals surface area (Å²) in [6, 6.07) is 21.4. The van der Waals surface area contributed by atoms with Crippen LogP contribution >= 0.6 is 11.9 Å². The van der Waals surface area contributed by atoms with Crippen LogP contribution in [0.5, 0.6) is 5.75 Å². The predicted molar refractivity (Wildman–Crippen MR) is 144 cm³/mol. The van der Waals surface area contributed by atoms with Crippen molar-refractivity contribution >= 4 is 17.9 Å². The molecule has 36 heavy (non-hydrogen) atoms. The van der Waals surface area contributed by atoms with Crippen molar-refractivity contribution in [3.05, 3.63) is 95.3 Å². The third-order valence-corrected chi connectivity index (χ3v) is 6.88. The SMILES string of the molecule is COc1ccc(SN(CC(C)C)CC(O)C(Cc2ccccc2)NC(=O)c2cccc(F)c2C)cc1. The lowest BCUT2D eigenvalue weighted by molar-refractivity contribution is 0.0783. The van der Waals surface area contributed by atoms with E-state index < -0.39 is 23.9 Å². The first kappa shape index (κ1) is 27.7. The highest BCUT2D eigenvalue weighted by Crippen LogP contribution is 2.26. The van der Waals surface area contributed by atoms with Gasteiger partial charge in [-0.25, -0.2) is 8.70 Å². The minimum absolute atomic E-state index is 0.270. The second-order valence-electron chi connectivity index (χ2n) is 9.26. The number of hydrogen-bond acceptors (Lipinski definition) is 5. The van der Waals surface area contributed by atoms with Crippen LogP contribution in [-0.2, 0) is 6.42 Å². The van der Waals surface area contributed by atoms with E-state index in [1.807, 2.05) is 54.6 Å². The van der Waals surface area contributed by atoms with Crippen LogP contribution < -0.4 is 10.1 Å². The molecule has 0 spiro atoms. The Kier molecular flexibility index (Phi) is 10.3. The number of halogens is 1. The number of hydrogen-bond donors (Lipinski definition) is 2. The van der Waals surface area contributed by atoms with E-state index in [1.165, 1.54) is 12.1 Å². The van der Waals surface area contributed by atoms with E-state index in [1.54, 1.807) is 32.0 Å². The normalized spacial score (nSPS) is 13.0. The topological polar surface area (TPSA) is 61.8 Å². The first-order valence-corrected chi connectivity index (χ1v) is 12.9. The Labute approximate surface area is 217 Å². The van der Waals surface area contributed by atoms with E-state index >= 15 is 0 Å². The van der Waals surface area contributed by atoms with Crippen LogP contribution in [0.1, 0.15) is 35.3 Å². The van der Waals surface area contributed by atoms with Crippen LogP contribution in [0.2, 0.25) is 0 Å². The van der Waals surface area contributed by atoms with E-state index in [0.29, 0.717) is 24.4 Å². The monoisotopic (exact) mass is 510 g/mol. The lowest BCUT2D eigenvalue weighted by Crippen LogP contribution is -2.49. The molecule has 5 nitrogen and oxygen atoms in total. The largest absolute Gasteiger partial charge is 0.497 e. The second kappa shape index (κ2) is 13.4. The van der Waals surface area contributed by atoms with Crippen molar-refractivity contribution in [2.45, 2.75) is 44.2 Å². The van der Waals surface area contributed by atoms with Crippen LogP contribution in [-0.4, -0.2) is 47.7 Å². The average Bonchev–Trinajstić information content (AvgIpc) is 2.86. The van der Waals surface area contributed by atoms with Gasteiger partial charge in [-0.1, -0.05) is 50.2 Å². The third kappa shape index (κ3) is 8.08. The van der Waals surface area contributed by atoms with Gasteiger partial charge in [0.05, 0.1) is 19.3 Å². The first-order valence-electron chi connectivity index (χ1n) is 12.1. The number of carbonyl (C=O) groups is 1. The van der Waals surface area contributed by atoms with Gasteiger partial charge < -0.3 is 15.2 Å². The molecular formula is C29H35FN2O3S. The number of nitrogens with one attached hydrogen (secondary N) is 1. The highest BCUT2D eigenvalue weighted by molar-refractivity contribution is 7.97. The van der Waals surface area contributed by atoms with Gasteiger partial charge in [0.1, 0.15) is 11.6 Å². The molecule has 0 aliphatic rings. The zero-order chi connectivity index (χ0) is 26.1. The Morgan fingerprint density at radius 1 is 1.03 bits per heavy atom. The maximum absolute atomic E-state index is 14.1. The predicted octanol–water partition coefficient (Wildman–Crippen LogP) is 5.51. The summed E-state index contributed by atoms with van der Waals surface area (Å²) >= 11 is 1.56. The number of ether oxygens (including phenoxy) is 1. The molecule has 192 valence electrons. The molecule has 2 N–H and O–H groups in total. The molecule has 3 aromatic rings.